The van der Waals surface area contributed by atoms with Gasteiger partial charge in [0.05, 0.1) is 18.0 Å². The maximum absolute atomic E-state index is 11.7. The zero-order valence-corrected chi connectivity index (χ0v) is 19.0. The number of guanidine groups is 1. The summed E-state index contributed by atoms with van der Waals surface area (Å²) in [5.41, 5.74) is 0.831. The first-order chi connectivity index (χ1) is 11.7. The maximum atomic E-state index is 11.7. The van der Waals surface area contributed by atoms with Gasteiger partial charge in [0.25, 0.3) is 0 Å². The average Bonchev–Trinajstić information content (AvgIpc) is 2.56. The first-order valence-corrected chi connectivity index (χ1v) is 10.5. The first kappa shape index (κ1) is 24.9. The van der Waals surface area contributed by atoms with Crippen LogP contribution in [0.3, 0.4) is 0 Å². The number of nitrogens with two attached hydrogens (primary N) is 1. The highest BCUT2D eigenvalue weighted by Gasteiger charge is 2.08. The Kier molecular flexibility index (Phi) is 11.9. The first-order valence-electron chi connectivity index (χ1n) is 7.57. The van der Waals surface area contributed by atoms with E-state index in [9.17, 15) is 13.2 Å². The SMILES string of the molecule is CSCCNC(=NCc1ccc(S(N)(=O)=O)cc1)NCC(=O)N(C)C.I. The van der Waals surface area contributed by atoms with E-state index in [1.807, 2.05) is 6.26 Å². The van der Waals surface area contributed by atoms with Crippen LogP contribution >= 0.6 is 35.7 Å². The molecule has 0 aliphatic rings. The number of hydrogen-bond acceptors (Lipinski definition) is 5. The molecule has 1 aromatic carbocycles. The van der Waals surface area contributed by atoms with E-state index in [4.69, 9.17) is 5.14 Å². The number of likely N-dealkylation sites (N-methyl/N-ethyl adjacent to an activating group) is 1. The Bertz CT molecular complexity index is 694. The summed E-state index contributed by atoms with van der Waals surface area (Å²) in [6.07, 6.45) is 2.01. The van der Waals surface area contributed by atoms with E-state index in [-0.39, 0.29) is 41.3 Å². The van der Waals surface area contributed by atoms with Gasteiger partial charge in [-0.3, -0.25) is 4.79 Å². The Morgan fingerprint density at radius 2 is 1.85 bits per heavy atom. The topological polar surface area (TPSA) is 117 Å². The summed E-state index contributed by atoms with van der Waals surface area (Å²) in [6.45, 7) is 1.20. The molecule has 1 amide bonds. The van der Waals surface area contributed by atoms with Crippen molar-refractivity contribution in [3.05, 3.63) is 29.8 Å². The fraction of sp³-hybridized carbons (Fsp3) is 0.467. The Labute approximate surface area is 176 Å². The molecule has 0 saturated heterocycles. The van der Waals surface area contributed by atoms with Gasteiger partial charge in [0.1, 0.15) is 0 Å². The third-order valence-corrected chi connectivity index (χ3v) is 4.72. The fourth-order valence-electron chi connectivity index (χ4n) is 1.72. The Hall–Kier alpha value is -1.05. The van der Waals surface area contributed by atoms with Crippen molar-refractivity contribution in [3.8, 4) is 0 Å². The highest BCUT2D eigenvalue weighted by atomic mass is 127. The molecule has 0 saturated carbocycles. The lowest BCUT2D eigenvalue weighted by Crippen LogP contribution is -2.43. The van der Waals surface area contributed by atoms with E-state index in [1.54, 1.807) is 38.0 Å². The maximum Gasteiger partial charge on any atom is 0.241 e. The number of benzene rings is 1. The van der Waals surface area contributed by atoms with Crippen LogP contribution in [0.15, 0.2) is 34.2 Å². The van der Waals surface area contributed by atoms with E-state index < -0.39 is 10.0 Å². The summed E-state index contributed by atoms with van der Waals surface area (Å²) in [7, 11) is -0.318. The Balaban J connectivity index is 0.00000625. The zero-order valence-electron chi connectivity index (χ0n) is 15.1. The predicted molar refractivity (Wildman–Crippen MR) is 117 cm³/mol. The van der Waals surface area contributed by atoms with Crippen LogP contribution in [-0.2, 0) is 21.4 Å². The quantitative estimate of drug-likeness (QED) is 0.200. The van der Waals surface area contributed by atoms with E-state index in [1.165, 1.54) is 17.0 Å². The third-order valence-electron chi connectivity index (χ3n) is 3.18. The number of primary sulfonamides is 1. The van der Waals surface area contributed by atoms with Gasteiger partial charge in [-0.05, 0) is 24.0 Å². The van der Waals surface area contributed by atoms with E-state index in [2.05, 4.69) is 15.6 Å². The fourth-order valence-corrected chi connectivity index (χ4v) is 2.54. The van der Waals surface area contributed by atoms with Gasteiger partial charge < -0.3 is 15.5 Å². The average molecular weight is 515 g/mol. The zero-order chi connectivity index (χ0) is 18.9. The summed E-state index contributed by atoms with van der Waals surface area (Å²) in [4.78, 5) is 17.7. The van der Waals surface area contributed by atoms with Gasteiger partial charge in [-0.1, -0.05) is 12.1 Å². The highest BCUT2D eigenvalue weighted by molar-refractivity contribution is 14.0. The van der Waals surface area contributed by atoms with Crippen LogP contribution in [0.1, 0.15) is 5.56 Å². The van der Waals surface area contributed by atoms with Gasteiger partial charge in [-0.15, -0.1) is 24.0 Å². The lowest BCUT2D eigenvalue weighted by atomic mass is 10.2. The normalized spacial score (nSPS) is 11.5. The van der Waals surface area contributed by atoms with Crippen molar-refractivity contribution in [2.75, 3.05) is 39.2 Å². The van der Waals surface area contributed by atoms with Crippen molar-refractivity contribution in [1.29, 1.82) is 0 Å². The number of halogens is 1. The monoisotopic (exact) mass is 515 g/mol. The van der Waals surface area contributed by atoms with Gasteiger partial charge >= 0.3 is 0 Å². The molecule has 1 aromatic rings. The lowest BCUT2D eigenvalue weighted by Gasteiger charge is -2.14. The molecule has 26 heavy (non-hydrogen) atoms. The number of rotatable bonds is 8. The number of amides is 1. The molecule has 0 radical (unpaired) electrons. The van der Waals surface area contributed by atoms with E-state index >= 15 is 0 Å². The number of nitrogens with zero attached hydrogens (tertiary/aromatic N) is 2. The molecule has 0 aliphatic heterocycles. The van der Waals surface area contributed by atoms with Crippen molar-refractivity contribution in [1.82, 2.24) is 15.5 Å². The van der Waals surface area contributed by atoms with Crippen LogP contribution in [0, 0.1) is 0 Å². The highest BCUT2D eigenvalue weighted by Crippen LogP contribution is 2.09. The molecule has 4 N–H and O–H groups in total. The molecule has 0 bridgehead atoms. The molecular formula is C15H26IN5O3S2. The second-order valence-corrected chi connectivity index (χ2v) is 7.96. The van der Waals surface area contributed by atoms with Gasteiger partial charge in [0, 0.05) is 26.4 Å². The predicted octanol–water partition coefficient (Wildman–Crippen LogP) is 0.438. The molecule has 0 fully saturated rings. The molecule has 0 unspecified atom stereocenters. The number of nitrogens with one attached hydrogen (secondary N) is 2. The molecule has 0 spiro atoms. The van der Waals surface area contributed by atoms with Crippen molar-refractivity contribution < 1.29 is 13.2 Å². The molecule has 0 aliphatic carbocycles. The summed E-state index contributed by atoms with van der Waals surface area (Å²) >= 11 is 1.70. The molecule has 0 aromatic heterocycles. The molecule has 0 heterocycles. The van der Waals surface area contributed by atoms with Crippen LogP contribution in [0.5, 0.6) is 0 Å². The number of thioether (sulfide) groups is 1. The number of aliphatic imine (C=N–C) groups is 1. The minimum Gasteiger partial charge on any atom is -0.356 e. The van der Waals surface area contributed by atoms with E-state index in [0.29, 0.717) is 19.0 Å². The minimum atomic E-state index is -3.70. The molecule has 0 atom stereocenters. The van der Waals surface area contributed by atoms with Gasteiger partial charge in [0.2, 0.25) is 15.9 Å². The van der Waals surface area contributed by atoms with Crippen LogP contribution in [0.4, 0.5) is 0 Å². The van der Waals surface area contributed by atoms with Crippen molar-refractivity contribution in [3.63, 3.8) is 0 Å². The van der Waals surface area contributed by atoms with Crippen LogP contribution in [0.25, 0.3) is 0 Å². The van der Waals surface area contributed by atoms with Crippen molar-refractivity contribution in [2.24, 2.45) is 10.1 Å². The smallest absolute Gasteiger partial charge is 0.241 e. The van der Waals surface area contributed by atoms with Crippen molar-refractivity contribution >= 4 is 57.6 Å². The number of hydrogen-bond donors (Lipinski definition) is 3. The summed E-state index contributed by atoms with van der Waals surface area (Å²) < 4.78 is 22.5. The summed E-state index contributed by atoms with van der Waals surface area (Å²) in [6, 6.07) is 6.22. The molecule has 11 heteroatoms. The van der Waals surface area contributed by atoms with Gasteiger partial charge in [-0.25, -0.2) is 18.5 Å². The molecule has 1 rings (SSSR count). The second-order valence-electron chi connectivity index (χ2n) is 5.42. The van der Waals surface area contributed by atoms with Crippen LogP contribution in [-0.4, -0.2) is 64.4 Å². The standard InChI is InChI=1S/C15H25N5O3S2.HI/c1-20(2)14(21)11-19-15(17-8-9-24-3)18-10-12-4-6-13(7-5-12)25(16,22)23;/h4-7H,8-11H2,1-3H3,(H2,16,22,23)(H2,17,18,19);1H. The minimum absolute atomic E-state index is 0. The number of carbonyl (C=O) groups excluding carboxylic acids is 1. The molecule has 8 nitrogen and oxygen atoms in total. The second kappa shape index (κ2) is 12.4. The van der Waals surface area contributed by atoms with E-state index in [0.717, 1.165) is 11.3 Å². The lowest BCUT2D eigenvalue weighted by molar-refractivity contribution is -0.127. The van der Waals surface area contributed by atoms with Crippen LogP contribution in [0.2, 0.25) is 0 Å². The summed E-state index contributed by atoms with van der Waals surface area (Å²) in [5.74, 6) is 1.38. The third kappa shape index (κ3) is 9.59. The van der Waals surface area contributed by atoms with Gasteiger partial charge in [0.15, 0.2) is 5.96 Å². The number of carbonyl (C=O) groups is 1. The largest absolute Gasteiger partial charge is 0.356 e. The summed E-state index contributed by atoms with van der Waals surface area (Å²) in [5, 5.41) is 11.2. The van der Waals surface area contributed by atoms with Crippen molar-refractivity contribution in [2.45, 2.75) is 11.4 Å². The number of sulfonamides is 1. The Morgan fingerprint density at radius 3 is 2.35 bits per heavy atom. The Morgan fingerprint density at radius 1 is 1.23 bits per heavy atom. The van der Waals surface area contributed by atoms with Gasteiger partial charge in [-0.2, -0.15) is 11.8 Å². The molecular weight excluding hydrogens is 489 g/mol. The van der Waals surface area contributed by atoms with Crippen LogP contribution < -0.4 is 15.8 Å². The molecule has 148 valence electrons.